The Morgan fingerprint density at radius 2 is 0.524 bits per heavy atom. The van der Waals surface area contributed by atoms with E-state index in [1.165, 1.54) is 87.6 Å². The van der Waals surface area contributed by atoms with Crippen molar-refractivity contribution in [3.05, 3.63) is 157 Å². The molecule has 198 valence electrons. The van der Waals surface area contributed by atoms with E-state index in [9.17, 15) is 0 Å². The Balaban J connectivity index is 1.60. The quantitative estimate of drug-likeness (QED) is 0.198. The fourth-order valence-corrected chi connectivity index (χ4v) is 7.02. The summed E-state index contributed by atoms with van der Waals surface area (Å²) in [5.74, 6) is 0. The van der Waals surface area contributed by atoms with Crippen molar-refractivity contribution in [3.8, 4) is 33.4 Å². The van der Waals surface area contributed by atoms with E-state index in [1.807, 2.05) is 0 Å². The number of benzene rings is 8. The summed E-state index contributed by atoms with van der Waals surface area (Å²) >= 11 is 0. The molecule has 8 rings (SSSR count). The van der Waals surface area contributed by atoms with Crippen LogP contribution in [0.5, 0.6) is 0 Å². The van der Waals surface area contributed by atoms with Gasteiger partial charge in [-0.2, -0.15) is 0 Å². The van der Waals surface area contributed by atoms with Gasteiger partial charge in [0.2, 0.25) is 0 Å². The van der Waals surface area contributed by atoms with Gasteiger partial charge >= 0.3 is 0 Å². The maximum absolute atomic E-state index is 2.31. The molecule has 0 saturated heterocycles. The highest BCUT2D eigenvalue weighted by molar-refractivity contribution is 6.29. The lowest BCUT2D eigenvalue weighted by Crippen LogP contribution is -1.94. The molecule has 0 bridgehead atoms. The van der Waals surface area contributed by atoms with Crippen molar-refractivity contribution in [2.75, 3.05) is 0 Å². The topological polar surface area (TPSA) is 0 Å². The third kappa shape index (κ3) is 3.76. The van der Waals surface area contributed by atoms with Crippen LogP contribution >= 0.6 is 0 Å². The van der Waals surface area contributed by atoms with Gasteiger partial charge < -0.3 is 0 Å². The first-order chi connectivity index (χ1) is 20.7. The van der Waals surface area contributed by atoms with Crippen molar-refractivity contribution in [1.29, 1.82) is 0 Å². The van der Waals surface area contributed by atoms with E-state index in [-0.39, 0.29) is 0 Å². The first-order valence-corrected chi connectivity index (χ1v) is 14.7. The molecule has 8 aromatic carbocycles. The molecule has 0 N–H and O–H groups in total. The summed E-state index contributed by atoms with van der Waals surface area (Å²) in [4.78, 5) is 0. The zero-order valence-electron chi connectivity index (χ0n) is 23.9. The van der Waals surface area contributed by atoms with Crippen LogP contribution in [0.2, 0.25) is 0 Å². The molecule has 0 atom stereocenters. The minimum Gasteiger partial charge on any atom is -0.0616 e. The van der Waals surface area contributed by atoms with Crippen LogP contribution in [-0.4, -0.2) is 0 Å². The predicted octanol–water partition coefficient (Wildman–Crippen LogP) is 11.9. The highest BCUT2D eigenvalue weighted by atomic mass is 14.2. The Labute approximate surface area is 246 Å². The van der Waals surface area contributed by atoms with Gasteiger partial charge in [0.1, 0.15) is 0 Å². The molecule has 0 radical (unpaired) electrons. The molecule has 0 aliphatic rings. The van der Waals surface area contributed by atoms with Crippen LogP contribution in [0.1, 0.15) is 11.1 Å². The van der Waals surface area contributed by atoms with Gasteiger partial charge in [-0.05, 0) is 90.3 Å². The molecule has 0 fully saturated rings. The molecule has 0 saturated carbocycles. The lowest BCUT2D eigenvalue weighted by Gasteiger charge is -2.22. The second kappa shape index (κ2) is 9.72. The number of rotatable bonds is 3. The first-order valence-electron chi connectivity index (χ1n) is 14.7. The highest BCUT2D eigenvalue weighted by Crippen LogP contribution is 2.49. The Hall–Kier alpha value is -5.20. The van der Waals surface area contributed by atoms with Crippen LogP contribution < -0.4 is 0 Å². The lowest BCUT2D eigenvalue weighted by molar-refractivity contribution is 1.47. The molecular weight excluding hydrogens is 504 g/mol. The standard InChI is InChI=1S/C42H30/c1-27-13-11-15-29(25-27)39-31-17-3-7-21-35(31)41(36-22-8-4-18-32(36)39)42-37-23-9-5-19-33(37)40(30-16-12-14-28(2)26-30)34-20-6-10-24-38(34)42/h3-26H,1-2H3. The fraction of sp³-hybridized carbons (Fsp3) is 0.0476. The third-order valence-electron chi connectivity index (χ3n) is 8.73. The van der Waals surface area contributed by atoms with Crippen LogP contribution in [-0.2, 0) is 0 Å². The van der Waals surface area contributed by atoms with Crippen LogP contribution in [0, 0.1) is 13.8 Å². The zero-order chi connectivity index (χ0) is 28.2. The molecule has 8 aromatic rings. The monoisotopic (exact) mass is 534 g/mol. The molecule has 0 aliphatic carbocycles. The van der Waals surface area contributed by atoms with Crippen LogP contribution in [0.25, 0.3) is 76.5 Å². The Morgan fingerprint density at radius 3 is 0.786 bits per heavy atom. The van der Waals surface area contributed by atoms with Crippen molar-refractivity contribution >= 4 is 43.1 Å². The fourth-order valence-electron chi connectivity index (χ4n) is 7.02. The highest BCUT2D eigenvalue weighted by Gasteiger charge is 2.22. The normalized spacial score (nSPS) is 11.6. The Bertz CT molecular complexity index is 2040. The maximum atomic E-state index is 2.31. The molecule has 0 heterocycles. The lowest BCUT2D eigenvalue weighted by atomic mass is 9.81. The van der Waals surface area contributed by atoms with Crippen molar-refractivity contribution in [2.24, 2.45) is 0 Å². The summed E-state index contributed by atoms with van der Waals surface area (Å²) in [6.45, 7) is 4.35. The van der Waals surface area contributed by atoms with Crippen molar-refractivity contribution in [3.63, 3.8) is 0 Å². The minimum atomic E-state index is 1.26. The van der Waals surface area contributed by atoms with Crippen molar-refractivity contribution < 1.29 is 0 Å². The molecule has 0 amide bonds. The minimum absolute atomic E-state index is 1.26. The number of hydrogen-bond donors (Lipinski definition) is 0. The Kier molecular flexibility index (Phi) is 5.69. The second-order valence-electron chi connectivity index (χ2n) is 11.4. The number of hydrogen-bond acceptors (Lipinski definition) is 0. The van der Waals surface area contributed by atoms with Crippen molar-refractivity contribution in [2.45, 2.75) is 13.8 Å². The summed E-state index contributed by atoms with van der Waals surface area (Å²) < 4.78 is 0. The van der Waals surface area contributed by atoms with E-state index in [4.69, 9.17) is 0 Å². The van der Waals surface area contributed by atoms with E-state index in [2.05, 4.69) is 159 Å². The second-order valence-corrected chi connectivity index (χ2v) is 11.4. The molecule has 42 heavy (non-hydrogen) atoms. The van der Waals surface area contributed by atoms with Crippen LogP contribution in [0.3, 0.4) is 0 Å². The summed E-state index contributed by atoms with van der Waals surface area (Å²) in [6.07, 6.45) is 0. The summed E-state index contributed by atoms with van der Waals surface area (Å²) in [7, 11) is 0. The van der Waals surface area contributed by atoms with Gasteiger partial charge in [-0.25, -0.2) is 0 Å². The van der Waals surface area contributed by atoms with Gasteiger partial charge in [0.15, 0.2) is 0 Å². The maximum Gasteiger partial charge on any atom is -0.00139 e. The molecular formula is C42H30. The van der Waals surface area contributed by atoms with Gasteiger partial charge in [-0.3, -0.25) is 0 Å². The smallest absolute Gasteiger partial charge is 0.00139 e. The predicted molar refractivity (Wildman–Crippen MR) is 182 cm³/mol. The van der Waals surface area contributed by atoms with E-state index < -0.39 is 0 Å². The first kappa shape index (κ1) is 24.6. The Morgan fingerprint density at radius 1 is 0.262 bits per heavy atom. The summed E-state index contributed by atoms with van der Waals surface area (Å²) in [5.41, 5.74) is 10.3. The van der Waals surface area contributed by atoms with Gasteiger partial charge in [-0.1, -0.05) is 157 Å². The third-order valence-corrected chi connectivity index (χ3v) is 8.73. The molecule has 0 spiro atoms. The van der Waals surface area contributed by atoms with Gasteiger partial charge in [-0.15, -0.1) is 0 Å². The molecule has 0 aliphatic heterocycles. The summed E-state index contributed by atoms with van der Waals surface area (Å²) in [6, 6.07) is 53.7. The van der Waals surface area contributed by atoms with Crippen LogP contribution in [0.15, 0.2) is 146 Å². The van der Waals surface area contributed by atoms with E-state index in [0.717, 1.165) is 0 Å². The van der Waals surface area contributed by atoms with Crippen LogP contribution in [0.4, 0.5) is 0 Å². The van der Waals surface area contributed by atoms with E-state index >= 15 is 0 Å². The zero-order valence-corrected chi connectivity index (χ0v) is 23.9. The van der Waals surface area contributed by atoms with Gasteiger partial charge in [0.05, 0.1) is 0 Å². The van der Waals surface area contributed by atoms with E-state index in [0.29, 0.717) is 0 Å². The molecule has 0 nitrogen and oxygen atoms in total. The van der Waals surface area contributed by atoms with E-state index in [1.54, 1.807) is 0 Å². The van der Waals surface area contributed by atoms with Gasteiger partial charge in [0, 0.05) is 0 Å². The molecule has 0 unspecified atom stereocenters. The largest absolute Gasteiger partial charge is 0.0616 e. The SMILES string of the molecule is Cc1cccc(-c2c3ccccc3c(-c3c4ccccc4c(-c4cccc(C)c4)c4ccccc34)c3ccccc23)c1. The molecule has 0 aromatic heterocycles. The number of aryl methyl sites for hydroxylation is 2. The average Bonchev–Trinajstić information content (AvgIpc) is 3.02. The van der Waals surface area contributed by atoms with Gasteiger partial charge in [0.25, 0.3) is 0 Å². The number of fused-ring (bicyclic) bond motifs is 4. The average molecular weight is 535 g/mol. The summed E-state index contributed by atoms with van der Waals surface area (Å²) in [5, 5.41) is 10.3. The van der Waals surface area contributed by atoms with Crippen molar-refractivity contribution in [1.82, 2.24) is 0 Å². The molecule has 0 heteroatoms.